The summed E-state index contributed by atoms with van der Waals surface area (Å²) in [6, 6.07) is 19.0. The van der Waals surface area contributed by atoms with E-state index in [0.29, 0.717) is 28.4 Å². The second-order valence-corrected chi connectivity index (χ2v) is 13.0. The number of ether oxygens (including phenoxy) is 2. The predicted molar refractivity (Wildman–Crippen MR) is 172 cm³/mol. The summed E-state index contributed by atoms with van der Waals surface area (Å²) in [6.45, 7) is 1.33. The lowest BCUT2D eigenvalue weighted by atomic mass is 9.95. The number of benzene rings is 3. The smallest absolute Gasteiger partial charge is 0.264 e. The molecule has 1 N–H and O–H groups in total. The monoisotopic (exact) mass is 641 g/mol. The molecule has 1 atom stereocenters. The minimum absolute atomic E-state index is 0.0358. The summed E-state index contributed by atoms with van der Waals surface area (Å²) in [4.78, 5) is 29.3. The minimum atomic E-state index is -4.27. The fourth-order valence-corrected chi connectivity index (χ4v) is 7.13. The molecule has 4 rings (SSSR count). The van der Waals surface area contributed by atoms with Crippen LogP contribution in [0.15, 0.2) is 77.7 Å². The topological polar surface area (TPSA) is 105 Å². The molecule has 1 aliphatic rings. The van der Waals surface area contributed by atoms with Crippen molar-refractivity contribution in [2.75, 3.05) is 25.1 Å². The van der Waals surface area contributed by atoms with Crippen molar-refractivity contribution in [3.63, 3.8) is 0 Å². The molecule has 1 saturated carbocycles. The average Bonchev–Trinajstić information content (AvgIpc) is 3.04. The van der Waals surface area contributed by atoms with Gasteiger partial charge in [0.15, 0.2) is 11.5 Å². The molecular formula is C33H40ClN3O6S. The normalized spacial score (nSPS) is 14.4. The molecule has 3 aromatic carbocycles. The van der Waals surface area contributed by atoms with Crippen molar-refractivity contribution in [3.05, 3.63) is 83.4 Å². The van der Waals surface area contributed by atoms with Crippen LogP contribution >= 0.6 is 11.6 Å². The third-order valence-corrected chi connectivity index (χ3v) is 10.0. The van der Waals surface area contributed by atoms with Gasteiger partial charge in [0, 0.05) is 23.7 Å². The van der Waals surface area contributed by atoms with Crippen molar-refractivity contribution >= 4 is 39.1 Å². The van der Waals surface area contributed by atoms with E-state index in [9.17, 15) is 18.0 Å². The van der Waals surface area contributed by atoms with Gasteiger partial charge in [-0.25, -0.2) is 8.42 Å². The number of para-hydroxylation sites is 1. The maximum Gasteiger partial charge on any atom is 0.264 e. The highest BCUT2D eigenvalue weighted by molar-refractivity contribution is 7.92. The standard InChI is InChI=1S/C33H40ClN3O6S/c1-4-29(33(39)35-25-14-7-5-8-15-25)36(22-24-13-11-12-18-28(24)34)32(38)23-37(26-16-9-6-10-17-26)44(40,41)27-19-20-30(42-2)31(21-27)43-3/h6,9-13,16-21,25,29H,4-5,7-8,14-15,22-23H2,1-3H3,(H,35,39)/t29-/m0/s1. The third-order valence-electron chi connectivity index (χ3n) is 7.90. The molecule has 0 saturated heterocycles. The van der Waals surface area contributed by atoms with E-state index in [1.165, 1.54) is 37.3 Å². The van der Waals surface area contributed by atoms with Crippen molar-refractivity contribution in [2.24, 2.45) is 0 Å². The molecule has 0 aromatic heterocycles. The largest absolute Gasteiger partial charge is 0.493 e. The minimum Gasteiger partial charge on any atom is -0.493 e. The molecule has 0 aliphatic heterocycles. The molecule has 2 amide bonds. The number of amides is 2. The quantitative estimate of drug-likeness (QED) is 0.253. The second-order valence-electron chi connectivity index (χ2n) is 10.7. The number of halogens is 1. The molecule has 1 fully saturated rings. The van der Waals surface area contributed by atoms with E-state index in [-0.39, 0.29) is 29.1 Å². The van der Waals surface area contributed by atoms with E-state index in [2.05, 4.69) is 5.32 Å². The van der Waals surface area contributed by atoms with E-state index < -0.39 is 28.5 Å². The van der Waals surface area contributed by atoms with Gasteiger partial charge in [0.05, 0.1) is 24.8 Å². The van der Waals surface area contributed by atoms with Gasteiger partial charge >= 0.3 is 0 Å². The van der Waals surface area contributed by atoms with Crippen LogP contribution in [0.5, 0.6) is 11.5 Å². The van der Waals surface area contributed by atoms with Gasteiger partial charge in [-0.1, -0.05) is 74.2 Å². The first kappa shape index (κ1) is 33.1. The van der Waals surface area contributed by atoms with Crippen molar-refractivity contribution in [3.8, 4) is 11.5 Å². The number of sulfonamides is 1. The predicted octanol–water partition coefficient (Wildman–Crippen LogP) is 5.81. The Labute approximate surface area is 265 Å². The van der Waals surface area contributed by atoms with Crippen molar-refractivity contribution in [1.29, 1.82) is 0 Å². The maximum atomic E-state index is 14.3. The van der Waals surface area contributed by atoms with Gasteiger partial charge in [-0.2, -0.15) is 0 Å². The maximum absolute atomic E-state index is 14.3. The Morgan fingerprint density at radius 1 is 0.932 bits per heavy atom. The lowest BCUT2D eigenvalue weighted by molar-refractivity contribution is -0.140. The molecule has 11 heteroatoms. The summed E-state index contributed by atoms with van der Waals surface area (Å²) >= 11 is 6.50. The first-order valence-corrected chi connectivity index (χ1v) is 16.6. The molecule has 44 heavy (non-hydrogen) atoms. The third kappa shape index (κ3) is 7.84. The number of hydrogen-bond acceptors (Lipinski definition) is 6. The van der Waals surface area contributed by atoms with Gasteiger partial charge in [-0.15, -0.1) is 0 Å². The number of nitrogens with one attached hydrogen (secondary N) is 1. The molecular weight excluding hydrogens is 602 g/mol. The highest BCUT2D eigenvalue weighted by Crippen LogP contribution is 2.32. The lowest BCUT2D eigenvalue weighted by Gasteiger charge is -2.34. The van der Waals surface area contributed by atoms with Crippen LogP contribution in [-0.4, -0.2) is 58.0 Å². The summed E-state index contributed by atoms with van der Waals surface area (Å²) in [5, 5.41) is 3.60. The Morgan fingerprint density at radius 3 is 2.23 bits per heavy atom. The summed E-state index contributed by atoms with van der Waals surface area (Å²) < 4.78 is 40.0. The lowest BCUT2D eigenvalue weighted by Crippen LogP contribution is -2.54. The molecule has 0 unspecified atom stereocenters. The zero-order valence-corrected chi connectivity index (χ0v) is 26.9. The SMILES string of the molecule is CC[C@@H](C(=O)NC1CCCCC1)N(Cc1ccccc1Cl)C(=O)CN(c1ccccc1)S(=O)(=O)c1ccc(OC)c(OC)c1. The van der Waals surface area contributed by atoms with Gasteiger partial charge in [-0.3, -0.25) is 13.9 Å². The van der Waals surface area contributed by atoms with E-state index in [4.69, 9.17) is 21.1 Å². The average molecular weight is 642 g/mol. The second kappa shape index (κ2) is 15.3. The van der Waals surface area contributed by atoms with E-state index >= 15 is 0 Å². The molecule has 1 aliphatic carbocycles. The van der Waals surface area contributed by atoms with E-state index in [1.54, 1.807) is 48.5 Å². The Bertz CT molecular complexity index is 1530. The fraction of sp³-hybridized carbons (Fsp3) is 0.394. The van der Waals surface area contributed by atoms with Gasteiger partial charge in [0.25, 0.3) is 10.0 Å². The molecule has 3 aromatic rings. The number of anilines is 1. The van der Waals surface area contributed by atoms with Gasteiger partial charge in [0.1, 0.15) is 12.6 Å². The number of carbonyl (C=O) groups excluding carboxylic acids is 2. The van der Waals surface area contributed by atoms with Gasteiger partial charge in [-0.05, 0) is 55.2 Å². The molecule has 0 heterocycles. The van der Waals surface area contributed by atoms with Crippen LogP contribution < -0.4 is 19.1 Å². The van der Waals surface area contributed by atoms with Crippen LogP contribution in [0.25, 0.3) is 0 Å². The first-order valence-electron chi connectivity index (χ1n) is 14.8. The Balaban J connectivity index is 1.72. The summed E-state index contributed by atoms with van der Waals surface area (Å²) in [7, 11) is -1.39. The van der Waals surface area contributed by atoms with Crippen molar-refractivity contribution < 1.29 is 27.5 Å². The molecule has 9 nitrogen and oxygen atoms in total. The summed E-state index contributed by atoms with van der Waals surface area (Å²) in [5.74, 6) is -0.189. The highest BCUT2D eigenvalue weighted by Gasteiger charge is 2.35. The number of rotatable bonds is 13. The number of methoxy groups -OCH3 is 2. The van der Waals surface area contributed by atoms with E-state index in [1.807, 2.05) is 13.0 Å². The number of hydrogen-bond donors (Lipinski definition) is 1. The highest BCUT2D eigenvalue weighted by atomic mass is 35.5. The Morgan fingerprint density at radius 2 is 1.59 bits per heavy atom. The first-order chi connectivity index (χ1) is 21.2. The van der Waals surface area contributed by atoms with Crippen LogP contribution in [0.3, 0.4) is 0 Å². The van der Waals surface area contributed by atoms with E-state index in [0.717, 1.165) is 36.4 Å². The molecule has 0 bridgehead atoms. The molecule has 0 spiro atoms. The van der Waals surface area contributed by atoms with Crippen LogP contribution in [-0.2, 0) is 26.2 Å². The molecule has 0 radical (unpaired) electrons. The Hall–Kier alpha value is -3.76. The van der Waals surface area contributed by atoms with Crippen LogP contribution in [0.2, 0.25) is 5.02 Å². The fourth-order valence-electron chi connectivity index (χ4n) is 5.50. The van der Waals surface area contributed by atoms with Gasteiger partial charge < -0.3 is 19.7 Å². The van der Waals surface area contributed by atoms with Crippen LogP contribution in [0, 0.1) is 0 Å². The van der Waals surface area contributed by atoms with Crippen LogP contribution in [0.4, 0.5) is 5.69 Å². The zero-order valence-electron chi connectivity index (χ0n) is 25.4. The summed E-state index contributed by atoms with van der Waals surface area (Å²) in [5.41, 5.74) is 0.952. The van der Waals surface area contributed by atoms with Crippen molar-refractivity contribution in [2.45, 2.75) is 69.0 Å². The van der Waals surface area contributed by atoms with Crippen LogP contribution in [0.1, 0.15) is 51.0 Å². The van der Waals surface area contributed by atoms with Gasteiger partial charge in [0.2, 0.25) is 11.8 Å². The zero-order chi connectivity index (χ0) is 31.7. The molecule has 236 valence electrons. The summed E-state index contributed by atoms with van der Waals surface area (Å²) in [6.07, 6.45) is 5.36. The Kier molecular flexibility index (Phi) is 11.5. The van der Waals surface area contributed by atoms with Crippen molar-refractivity contribution in [1.82, 2.24) is 10.2 Å². The number of nitrogens with zero attached hydrogens (tertiary/aromatic N) is 2. The number of carbonyl (C=O) groups is 2.